The molecule has 134 valence electrons. The number of carbonyl (C=O) groups excluding carboxylic acids is 1. The van der Waals surface area contributed by atoms with Gasteiger partial charge in [-0.25, -0.2) is 0 Å². The molecule has 4 rings (SSSR count). The summed E-state index contributed by atoms with van der Waals surface area (Å²) in [5.74, 6) is 1.15. The Hall–Kier alpha value is -2.87. The Morgan fingerprint density at radius 1 is 1.35 bits per heavy atom. The first-order valence-electron chi connectivity index (χ1n) is 8.19. The van der Waals surface area contributed by atoms with Crippen LogP contribution in [0.2, 0.25) is 5.02 Å². The second-order valence-electron chi connectivity index (χ2n) is 6.18. The van der Waals surface area contributed by atoms with Crippen molar-refractivity contribution in [1.82, 2.24) is 19.9 Å². The van der Waals surface area contributed by atoms with E-state index in [0.717, 1.165) is 17.1 Å². The summed E-state index contributed by atoms with van der Waals surface area (Å²) in [6.45, 7) is 2.50. The van der Waals surface area contributed by atoms with E-state index < -0.39 is 6.04 Å². The third-order valence-electron chi connectivity index (χ3n) is 4.27. The van der Waals surface area contributed by atoms with E-state index in [9.17, 15) is 4.79 Å². The molecule has 26 heavy (non-hydrogen) atoms. The maximum Gasteiger partial charge on any atom is 0.322 e. The number of nitrogens with one attached hydrogen (secondary N) is 1. The van der Waals surface area contributed by atoms with Crippen molar-refractivity contribution in [2.75, 3.05) is 16.8 Å². The summed E-state index contributed by atoms with van der Waals surface area (Å²) in [5, 5.41) is 11.9. The smallest absolute Gasteiger partial charge is 0.322 e. The van der Waals surface area contributed by atoms with Crippen LogP contribution < -0.4 is 10.2 Å². The minimum atomic E-state index is -0.419. The van der Waals surface area contributed by atoms with Gasteiger partial charge in [-0.05, 0) is 25.5 Å². The summed E-state index contributed by atoms with van der Waals surface area (Å²) in [5.41, 5.74) is 1.62. The Morgan fingerprint density at radius 2 is 2.19 bits per heavy atom. The number of rotatable bonds is 4. The van der Waals surface area contributed by atoms with Crippen molar-refractivity contribution in [3.8, 4) is 11.4 Å². The lowest BCUT2D eigenvalue weighted by atomic mass is 10.2. The molecule has 2 aromatic heterocycles. The molecule has 9 heteroatoms. The third-order valence-corrected chi connectivity index (χ3v) is 4.50. The number of hydrogen-bond donors (Lipinski definition) is 1. The Morgan fingerprint density at radius 3 is 2.92 bits per heavy atom. The van der Waals surface area contributed by atoms with Gasteiger partial charge in [-0.3, -0.25) is 14.4 Å². The number of amides is 1. The van der Waals surface area contributed by atoms with Gasteiger partial charge in [0.2, 0.25) is 5.82 Å². The number of hydrogen-bond acceptors (Lipinski definition) is 6. The van der Waals surface area contributed by atoms with Crippen LogP contribution in [0.15, 0.2) is 34.9 Å². The fraction of sp³-hybridized carbons (Fsp3) is 0.294. The molecule has 8 nitrogen and oxygen atoms in total. The largest absolute Gasteiger partial charge is 0.326 e. The second-order valence-corrected chi connectivity index (χ2v) is 6.61. The molecule has 1 unspecified atom stereocenters. The van der Waals surface area contributed by atoms with E-state index in [4.69, 9.17) is 16.1 Å². The highest BCUT2D eigenvalue weighted by Crippen LogP contribution is 2.25. The van der Waals surface area contributed by atoms with Crippen molar-refractivity contribution < 1.29 is 9.32 Å². The molecule has 1 aromatic carbocycles. The van der Waals surface area contributed by atoms with Crippen LogP contribution in [0.5, 0.6) is 0 Å². The normalized spacial score (nSPS) is 17.1. The lowest BCUT2D eigenvalue weighted by Gasteiger charge is -2.16. The fourth-order valence-corrected chi connectivity index (χ4v) is 3.26. The molecule has 0 bridgehead atoms. The molecule has 1 amide bonds. The topological polar surface area (TPSA) is 89.1 Å². The van der Waals surface area contributed by atoms with Crippen molar-refractivity contribution in [2.24, 2.45) is 7.05 Å². The van der Waals surface area contributed by atoms with Crippen LogP contribution in [0.25, 0.3) is 11.4 Å². The average Bonchev–Trinajstić information content (AvgIpc) is 3.29. The molecule has 0 radical (unpaired) electrons. The van der Waals surface area contributed by atoms with Gasteiger partial charge in [0.05, 0.1) is 5.69 Å². The van der Waals surface area contributed by atoms with Gasteiger partial charge in [0.25, 0.3) is 5.91 Å². The molecule has 0 saturated carbocycles. The van der Waals surface area contributed by atoms with Crippen molar-refractivity contribution in [3.05, 3.63) is 41.0 Å². The molecule has 0 aliphatic carbocycles. The SMILES string of the molecule is Cc1cc(N2CCC(Nc3nc(-c4cccc(Cl)c4)no3)C2=O)n(C)n1. The van der Waals surface area contributed by atoms with E-state index in [0.29, 0.717) is 23.8 Å². The number of nitrogens with zero attached hydrogens (tertiary/aromatic N) is 5. The maximum atomic E-state index is 12.7. The van der Waals surface area contributed by atoms with Crippen LogP contribution in [-0.4, -0.2) is 38.4 Å². The highest BCUT2D eigenvalue weighted by Gasteiger charge is 2.35. The highest BCUT2D eigenvalue weighted by atomic mass is 35.5. The molecule has 1 fully saturated rings. The Kier molecular flexibility index (Phi) is 4.12. The standard InChI is InChI=1S/C17H17ClN6O2/c1-10-8-14(23(2)21-10)24-7-6-13(16(24)25)19-17-20-15(22-26-17)11-4-3-5-12(18)9-11/h3-5,8-9,13H,6-7H2,1-2H3,(H,19,20,22). The van der Waals surface area contributed by atoms with Gasteiger partial charge < -0.3 is 9.84 Å². The Bertz CT molecular complexity index is 966. The van der Waals surface area contributed by atoms with Crippen molar-refractivity contribution in [1.29, 1.82) is 0 Å². The quantitative estimate of drug-likeness (QED) is 0.757. The molecule has 1 saturated heterocycles. The minimum absolute atomic E-state index is 0.0458. The lowest BCUT2D eigenvalue weighted by Crippen LogP contribution is -2.34. The zero-order valence-electron chi connectivity index (χ0n) is 14.3. The summed E-state index contributed by atoms with van der Waals surface area (Å²) in [6.07, 6.45) is 0.637. The number of halogens is 1. The van der Waals surface area contributed by atoms with E-state index in [1.54, 1.807) is 21.7 Å². The molecule has 1 aliphatic rings. The van der Waals surface area contributed by atoms with E-state index in [1.807, 2.05) is 32.2 Å². The van der Waals surface area contributed by atoms with E-state index in [-0.39, 0.29) is 11.9 Å². The third kappa shape index (κ3) is 3.03. The lowest BCUT2D eigenvalue weighted by molar-refractivity contribution is -0.117. The first-order valence-corrected chi connectivity index (χ1v) is 8.57. The monoisotopic (exact) mass is 372 g/mol. The highest BCUT2D eigenvalue weighted by molar-refractivity contribution is 6.30. The summed E-state index contributed by atoms with van der Waals surface area (Å²) < 4.78 is 6.94. The van der Waals surface area contributed by atoms with Gasteiger partial charge in [0, 0.05) is 30.2 Å². The van der Waals surface area contributed by atoms with Crippen molar-refractivity contribution >= 4 is 29.3 Å². The zero-order valence-corrected chi connectivity index (χ0v) is 15.1. The maximum absolute atomic E-state index is 12.7. The summed E-state index contributed by atoms with van der Waals surface area (Å²) in [6, 6.07) is 8.87. The number of aryl methyl sites for hydroxylation is 2. The number of anilines is 2. The molecule has 1 atom stereocenters. The zero-order chi connectivity index (χ0) is 18.3. The van der Waals surface area contributed by atoms with Gasteiger partial charge in [0.15, 0.2) is 0 Å². The van der Waals surface area contributed by atoms with Crippen molar-refractivity contribution in [3.63, 3.8) is 0 Å². The van der Waals surface area contributed by atoms with E-state index >= 15 is 0 Å². The van der Waals surface area contributed by atoms with E-state index in [2.05, 4.69) is 20.6 Å². The molecule has 3 heterocycles. The number of benzene rings is 1. The van der Waals surface area contributed by atoms with Gasteiger partial charge in [-0.15, -0.1) is 0 Å². The molecular formula is C17H17ClN6O2. The molecular weight excluding hydrogens is 356 g/mol. The van der Waals surface area contributed by atoms with E-state index in [1.165, 1.54) is 0 Å². The summed E-state index contributed by atoms with van der Waals surface area (Å²) >= 11 is 5.99. The van der Waals surface area contributed by atoms with Gasteiger partial charge >= 0.3 is 6.01 Å². The molecule has 0 spiro atoms. The summed E-state index contributed by atoms with van der Waals surface area (Å²) in [7, 11) is 1.83. The summed E-state index contributed by atoms with van der Waals surface area (Å²) in [4.78, 5) is 18.7. The molecule has 1 aliphatic heterocycles. The van der Waals surface area contributed by atoms with Gasteiger partial charge in [-0.1, -0.05) is 28.9 Å². The van der Waals surface area contributed by atoms with Crippen LogP contribution >= 0.6 is 11.6 Å². The minimum Gasteiger partial charge on any atom is -0.326 e. The van der Waals surface area contributed by atoms with Gasteiger partial charge in [0.1, 0.15) is 11.9 Å². The number of carbonyl (C=O) groups is 1. The predicted molar refractivity (Wildman–Crippen MR) is 97.1 cm³/mol. The Labute approximate surface area is 154 Å². The number of aromatic nitrogens is 4. The van der Waals surface area contributed by atoms with Crippen LogP contribution in [0.4, 0.5) is 11.8 Å². The van der Waals surface area contributed by atoms with Crippen molar-refractivity contribution in [2.45, 2.75) is 19.4 Å². The van der Waals surface area contributed by atoms with Crippen LogP contribution in [0, 0.1) is 6.92 Å². The molecule has 3 aromatic rings. The van der Waals surface area contributed by atoms with Gasteiger partial charge in [-0.2, -0.15) is 10.1 Å². The fourth-order valence-electron chi connectivity index (χ4n) is 3.07. The first kappa shape index (κ1) is 16.6. The van der Waals surface area contributed by atoms with Crippen LogP contribution in [0.3, 0.4) is 0 Å². The second kappa shape index (κ2) is 6.45. The van der Waals surface area contributed by atoms with Crippen LogP contribution in [0.1, 0.15) is 12.1 Å². The molecule has 1 N–H and O–H groups in total. The average molecular weight is 373 g/mol. The Balaban J connectivity index is 1.49. The first-order chi connectivity index (χ1) is 12.5. The predicted octanol–water partition coefficient (Wildman–Crippen LogP) is 2.65. The van der Waals surface area contributed by atoms with Crippen LogP contribution in [-0.2, 0) is 11.8 Å².